The van der Waals surface area contributed by atoms with Crippen LogP contribution in [0.1, 0.15) is 45.2 Å². The minimum absolute atomic E-state index is 0.459. The maximum absolute atomic E-state index is 5.94. The summed E-state index contributed by atoms with van der Waals surface area (Å²) in [6.07, 6.45) is 6.57. The highest BCUT2D eigenvalue weighted by molar-refractivity contribution is 5.15. The molecule has 0 aliphatic carbocycles. The number of hydrogen-bond acceptors (Lipinski definition) is 3. The zero-order valence-corrected chi connectivity index (χ0v) is 11.8. The van der Waals surface area contributed by atoms with E-state index >= 15 is 0 Å². The molecule has 1 aromatic heterocycles. The lowest BCUT2D eigenvalue weighted by molar-refractivity contribution is 0.184. The second-order valence-corrected chi connectivity index (χ2v) is 5.60. The highest BCUT2D eigenvalue weighted by Gasteiger charge is 2.36. The Morgan fingerprint density at radius 1 is 1.50 bits per heavy atom. The van der Waals surface area contributed by atoms with Crippen molar-refractivity contribution in [2.45, 2.75) is 52.2 Å². The Morgan fingerprint density at radius 2 is 2.28 bits per heavy atom. The smallest absolute Gasteiger partial charge is 0.0537 e. The number of rotatable bonds is 5. The molecule has 2 rings (SSSR count). The molecule has 1 aliphatic rings. The minimum atomic E-state index is 0.459. The van der Waals surface area contributed by atoms with Gasteiger partial charge >= 0.3 is 0 Å². The van der Waals surface area contributed by atoms with E-state index < -0.39 is 0 Å². The highest BCUT2D eigenvalue weighted by atomic mass is 15.3. The van der Waals surface area contributed by atoms with E-state index in [1.165, 1.54) is 12.0 Å². The molecule has 1 aromatic rings. The van der Waals surface area contributed by atoms with Gasteiger partial charge in [-0.15, -0.1) is 0 Å². The van der Waals surface area contributed by atoms with Gasteiger partial charge in [-0.3, -0.25) is 9.58 Å². The van der Waals surface area contributed by atoms with Crippen molar-refractivity contribution in [2.75, 3.05) is 13.1 Å². The van der Waals surface area contributed by atoms with Crippen LogP contribution in [-0.2, 0) is 6.54 Å². The van der Waals surface area contributed by atoms with Crippen molar-refractivity contribution in [3.63, 3.8) is 0 Å². The Balaban J connectivity index is 2.20. The van der Waals surface area contributed by atoms with Gasteiger partial charge in [-0.1, -0.05) is 6.92 Å². The first-order valence-electron chi connectivity index (χ1n) is 7.15. The van der Waals surface area contributed by atoms with E-state index in [0.717, 1.165) is 26.1 Å². The molecule has 0 saturated carbocycles. The topological polar surface area (TPSA) is 47.1 Å². The molecule has 2 atom stereocenters. The fraction of sp³-hybridized carbons (Fsp3) is 0.786. The first kappa shape index (κ1) is 13.6. The van der Waals surface area contributed by atoms with Crippen molar-refractivity contribution in [1.29, 1.82) is 0 Å². The lowest BCUT2D eigenvalue weighted by atomic mass is 9.95. The summed E-state index contributed by atoms with van der Waals surface area (Å²) in [5.41, 5.74) is 7.27. The van der Waals surface area contributed by atoms with Crippen LogP contribution in [0.4, 0.5) is 0 Å². The molecule has 0 spiro atoms. The predicted octanol–water partition coefficient (Wildman–Crippen LogP) is 2.02. The molecular weight excluding hydrogens is 224 g/mol. The monoisotopic (exact) mass is 250 g/mol. The Morgan fingerprint density at radius 3 is 2.89 bits per heavy atom. The first-order valence-corrected chi connectivity index (χ1v) is 7.15. The summed E-state index contributed by atoms with van der Waals surface area (Å²) < 4.78 is 2.06. The van der Waals surface area contributed by atoms with E-state index in [4.69, 9.17) is 5.73 Å². The molecule has 102 valence electrons. The van der Waals surface area contributed by atoms with Gasteiger partial charge in [0, 0.05) is 30.4 Å². The molecule has 4 heteroatoms. The second kappa shape index (κ2) is 5.85. The van der Waals surface area contributed by atoms with Crippen molar-refractivity contribution in [1.82, 2.24) is 14.7 Å². The molecule has 2 N–H and O–H groups in total. The number of nitrogens with zero attached hydrogens (tertiary/aromatic N) is 3. The summed E-state index contributed by atoms with van der Waals surface area (Å²) in [5, 5.41) is 4.46. The van der Waals surface area contributed by atoms with Gasteiger partial charge in [0.25, 0.3) is 0 Å². The van der Waals surface area contributed by atoms with E-state index in [1.54, 1.807) is 0 Å². The van der Waals surface area contributed by atoms with Crippen molar-refractivity contribution < 1.29 is 0 Å². The van der Waals surface area contributed by atoms with E-state index in [1.807, 2.05) is 6.20 Å². The molecule has 18 heavy (non-hydrogen) atoms. The number of hydrogen-bond donors (Lipinski definition) is 1. The average molecular weight is 250 g/mol. The fourth-order valence-electron chi connectivity index (χ4n) is 3.06. The Labute approximate surface area is 110 Å². The third-order valence-corrected chi connectivity index (χ3v) is 3.98. The molecule has 0 bridgehead atoms. The van der Waals surface area contributed by atoms with Gasteiger partial charge in [-0.05, 0) is 45.7 Å². The summed E-state index contributed by atoms with van der Waals surface area (Å²) in [4.78, 5) is 2.56. The van der Waals surface area contributed by atoms with Crippen LogP contribution < -0.4 is 5.73 Å². The predicted molar refractivity (Wildman–Crippen MR) is 74.3 cm³/mol. The van der Waals surface area contributed by atoms with Crippen LogP contribution in [0.3, 0.4) is 0 Å². The van der Waals surface area contributed by atoms with E-state index in [0.29, 0.717) is 18.0 Å². The third kappa shape index (κ3) is 2.59. The quantitative estimate of drug-likeness (QED) is 0.869. The maximum atomic E-state index is 5.94. The Hall–Kier alpha value is -0.870. The lowest BCUT2D eigenvalue weighted by Gasteiger charge is -2.30. The van der Waals surface area contributed by atoms with Gasteiger partial charge in [0.15, 0.2) is 0 Å². The SMILES string of the molecule is CCCn1cc(C2C(CN)CCN2C(C)C)cn1. The van der Waals surface area contributed by atoms with Crippen LogP contribution in [0, 0.1) is 5.92 Å². The molecule has 0 aromatic carbocycles. The first-order chi connectivity index (χ1) is 8.67. The number of likely N-dealkylation sites (tertiary alicyclic amines) is 1. The summed E-state index contributed by atoms with van der Waals surface area (Å²) in [5.74, 6) is 0.576. The Bertz CT molecular complexity index is 372. The molecule has 0 amide bonds. The van der Waals surface area contributed by atoms with Crippen molar-refractivity contribution in [3.8, 4) is 0 Å². The van der Waals surface area contributed by atoms with E-state index in [-0.39, 0.29) is 0 Å². The minimum Gasteiger partial charge on any atom is -0.330 e. The third-order valence-electron chi connectivity index (χ3n) is 3.98. The average Bonchev–Trinajstić information content (AvgIpc) is 2.94. The van der Waals surface area contributed by atoms with Gasteiger partial charge in [0.05, 0.1) is 6.20 Å². The lowest BCUT2D eigenvalue weighted by Crippen LogP contribution is -2.33. The van der Waals surface area contributed by atoms with Crippen molar-refractivity contribution in [3.05, 3.63) is 18.0 Å². The normalized spacial score (nSPS) is 25.2. The molecule has 1 saturated heterocycles. The van der Waals surface area contributed by atoms with Crippen LogP contribution in [0.5, 0.6) is 0 Å². The van der Waals surface area contributed by atoms with Crippen LogP contribution in [-0.4, -0.2) is 33.8 Å². The van der Waals surface area contributed by atoms with Crippen LogP contribution in [0.25, 0.3) is 0 Å². The summed E-state index contributed by atoms with van der Waals surface area (Å²) in [6, 6.07) is 1.03. The summed E-state index contributed by atoms with van der Waals surface area (Å²) in [6.45, 7) is 9.64. The van der Waals surface area contributed by atoms with Crippen molar-refractivity contribution in [2.24, 2.45) is 11.7 Å². The van der Waals surface area contributed by atoms with Gasteiger partial charge in [-0.25, -0.2) is 0 Å². The number of nitrogens with two attached hydrogens (primary N) is 1. The second-order valence-electron chi connectivity index (χ2n) is 5.60. The molecule has 2 unspecified atom stereocenters. The zero-order chi connectivity index (χ0) is 13.1. The fourth-order valence-corrected chi connectivity index (χ4v) is 3.06. The standard InChI is InChI=1S/C14H26N4/c1-4-6-17-10-13(9-16-17)14-12(8-15)5-7-18(14)11(2)3/h9-12,14H,4-8,15H2,1-3H3. The number of aryl methyl sites for hydroxylation is 1. The van der Waals surface area contributed by atoms with Gasteiger partial charge in [0.2, 0.25) is 0 Å². The summed E-state index contributed by atoms with van der Waals surface area (Å²) >= 11 is 0. The molecule has 1 fully saturated rings. The molecular formula is C14H26N4. The molecule has 1 aliphatic heterocycles. The van der Waals surface area contributed by atoms with E-state index in [2.05, 4.69) is 41.6 Å². The maximum Gasteiger partial charge on any atom is 0.0537 e. The summed E-state index contributed by atoms with van der Waals surface area (Å²) in [7, 11) is 0. The van der Waals surface area contributed by atoms with Gasteiger partial charge < -0.3 is 5.73 Å². The van der Waals surface area contributed by atoms with Crippen LogP contribution >= 0.6 is 0 Å². The van der Waals surface area contributed by atoms with E-state index in [9.17, 15) is 0 Å². The molecule has 2 heterocycles. The molecule has 4 nitrogen and oxygen atoms in total. The molecule has 0 radical (unpaired) electrons. The zero-order valence-electron chi connectivity index (χ0n) is 11.8. The van der Waals surface area contributed by atoms with Crippen molar-refractivity contribution >= 4 is 0 Å². The Kier molecular flexibility index (Phi) is 4.40. The highest BCUT2D eigenvalue weighted by Crippen LogP contribution is 2.37. The van der Waals surface area contributed by atoms with Gasteiger partial charge in [-0.2, -0.15) is 5.10 Å². The largest absolute Gasteiger partial charge is 0.330 e. The van der Waals surface area contributed by atoms with Crippen LogP contribution in [0.2, 0.25) is 0 Å². The van der Waals surface area contributed by atoms with Crippen LogP contribution in [0.15, 0.2) is 12.4 Å². The van der Waals surface area contributed by atoms with Gasteiger partial charge in [0.1, 0.15) is 0 Å². The number of aromatic nitrogens is 2.